The Kier molecular flexibility index (Phi) is 5.33. The highest BCUT2D eigenvalue weighted by Gasteiger charge is 1.96. The van der Waals surface area contributed by atoms with Gasteiger partial charge in [-0.1, -0.05) is 0 Å². The SMILES string of the molecule is NC(N)=O.NP(=O)(O)O. The Morgan fingerprint density at radius 2 is 1.33 bits per heavy atom. The molecule has 0 aromatic carbocycles. The zero-order valence-corrected chi connectivity index (χ0v) is 5.28. The van der Waals surface area contributed by atoms with Gasteiger partial charge in [-0.25, -0.2) is 14.9 Å². The number of carbonyl (C=O) groups excluding carboxylic acids is 1. The summed E-state index contributed by atoms with van der Waals surface area (Å²) in [5, 5.41) is 0. The fourth-order valence-corrected chi connectivity index (χ4v) is 0. The van der Waals surface area contributed by atoms with Crippen molar-refractivity contribution in [3.05, 3.63) is 0 Å². The molecule has 0 aliphatic heterocycles. The number of urea groups is 1. The van der Waals surface area contributed by atoms with E-state index in [1.165, 1.54) is 0 Å². The molecule has 0 saturated carbocycles. The van der Waals surface area contributed by atoms with Crippen molar-refractivity contribution in [2.45, 2.75) is 0 Å². The molecule has 0 aromatic heterocycles. The quantitative estimate of drug-likeness (QED) is 0.259. The van der Waals surface area contributed by atoms with Crippen LogP contribution in [0, 0.1) is 0 Å². The summed E-state index contributed by atoms with van der Waals surface area (Å²) in [6.07, 6.45) is 0. The molecule has 0 radical (unpaired) electrons. The largest absolute Gasteiger partial charge is 0.397 e. The lowest BCUT2D eigenvalue weighted by Gasteiger charge is -1.84. The number of amides is 2. The van der Waals surface area contributed by atoms with Crippen LogP contribution < -0.4 is 17.0 Å². The van der Waals surface area contributed by atoms with Gasteiger partial charge in [-0.2, -0.15) is 0 Å². The highest BCUT2D eigenvalue weighted by atomic mass is 31.2. The van der Waals surface area contributed by atoms with Crippen LogP contribution in [-0.4, -0.2) is 15.8 Å². The maximum atomic E-state index is 9.10. The molecule has 9 heavy (non-hydrogen) atoms. The van der Waals surface area contributed by atoms with E-state index in [-0.39, 0.29) is 0 Å². The number of rotatable bonds is 0. The third-order valence-corrected chi connectivity index (χ3v) is 0. The molecule has 0 spiro atoms. The molecular formula is CH8N3O4P. The molecule has 8 heteroatoms. The fourth-order valence-electron chi connectivity index (χ4n) is 0. The van der Waals surface area contributed by atoms with Crippen LogP contribution in [0.15, 0.2) is 0 Å². The lowest BCUT2D eigenvalue weighted by Crippen LogP contribution is -2.18. The first-order valence-electron chi connectivity index (χ1n) is 1.62. The van der Waals surface area contributed by atoms with Gasteiger partial charge in [0.15, 0.2) is 0 Å². The lowest BCUT2D eigenvalue weighted by molar-refractivity contribution is 0.256. The number of nitrogens with two attached hydrogens (primary N) is 3. The highest BCUT2D eigenvalue weighted by molar-refractivity contribution is 7.49. The van der Waals surface area contributed by atoms with Crippen molar-refractivity contribution < 1.29 is 19.1 Å². The number of hydrogen-bond acceptors (Lipinski definition) is 2. The minimum Gasteiger partial charge on any atom is -0.352 e. The third-order valence-electron chi connectivity index (χ3n) is 0. The van der Waals surface area contributed by atoms with Gasteiger partial charge in [0.2, 0.25) is 0 Å². The second-order valence-corrected chi connectivity index (χ2v) is 2.17. The first-order chi connectivity index (χ1) is 3.73. The summed E-state index contributed by atoms with van der Waals surface area (Å²) in [5.41, 5.74) is 12.5. The molecule has 0 unspecified atom stereocenters. The van der Waals surface area contributed by atoms with E-state index < -0.39 is 13.8 Å². The summed E-state index contributed by atoms with van der Waals surface area (Å²) in [5.74, 6) is 0. The van der Waals surface area contributed by atoms with Crippen molar-refractivity contribution in [2.75, 3.05) is 0 Å². The molecule has 0 rings (SSSR count). The van der Waals surface area contributed by atoms with Gasteiger partial charge in [0.1, 0.15) is 0 Å². The Labute approximate surface area is 51.0 Å². The van der Waals surface area contributed by atoms with Crippen molar-refractivity contribution in [2.24, 2.45) is 17.0 Å². The fraction of sp³-hybridized carbons (Fsp3) is 0. The summed E-state index contributed by atoms with van der Waals surface area (Å²) < 4.78 is 9.10. The predicted octanol–water partition coefficient (Wildman–Crippen LogP) is -1.94. The van der Waals surface area contributed by atoms with Crippen molar-refractivity contribution in [3.63, 3.8) is 0 Å². The maximum absolute atomic E-state index is 9.10. The minimum atomic E-state index is -4.14. The molecular weight excluding hydrogens is 149 g/mol. The minimum absolute atomic E-state index is 0.833. The summed E-state index contributed by atoms with van der Waals surface area (Å²) in [6, 6.07) is -0.833. The topological polar surface area (TPSA) is 153 Å². The Balaban J connectivity index is 0. The zero-order chi connectivity index (χ0) is 8.08. The molecule has 2 amide bonds. The molecule has 8 N–H and O–H groups in total. The van der Waals surface area contributed by atoms with Crippen molar-refractivity contribution in [3.8, 4) is 0 Å². The first kappa shape index (κ1) is 11.2. The Hall–Kier alpha value is -0.620. The second-order valence-electron chi connectivity index (χ2n) is 0.991. The Bertz CT molecular complexity index is 116. The Morgan fingerprint density at radius 1 is 1.33 bits per heavy atom. The van der Waals surface area contributed by atoms with Gasteiger partial charge < -0.3 is 21.3 Å². The standard InChI is InChI=1S/CH4N2O.H4NO3P/c2-1(3)4;1-5(2,3)4/h(H4,2,3,4);(H4,1,2,3,4). The van der Waals surface area contributed by atoms with Crippen LogP contribution in [0.2, 0.25) is 0 Å². The van der Waals surface area contributed by atoms with Gasteiger partial charge in [-0.05, 0) is 0 Å². The normalized spacial score (nSPS) is 9.22. The summed E-state index contributed by atoms with van der Waals surface area (Å²) in [4.78, 5) is 23.8. The molecule has 0 aliphatic rings. The second kappa shape index (κ2) is 4.28. The van der Waals surface area contributed by atoms with E-state index in [4.69, 9.17) is 19.1 Å². The molecule has 7 nitrogen and oxygen atoms in total. The van der Waals surface area contributed by atoms with E-state index in [2.05, 4.69) is 17.0 Å². The van der Waals surface area contributed by atoms with E-state index in [1.54, 1.807) is 0 Å². The van der Waals surface area contributed by atoms with Gasteiger partial charge >= 0.3 is 13.8 Å². The van der Waals surface area contributed by atoms with Crippen LogP contribution in [0.1, 0.15) is 0 Å². The molecule has 0 bridgehead atoms. The van der Waals surface area contributed by atoms with E-state index in [0.29, 0.717) is 0 Å². The summed E-state index contributed by atoms with van der Waals surface area (Å²) >= 11 is 0. The maximum Gasteiger partial charge on any atom is 0.397 e. The van der Waals surface area contributed by atoms with Gasteiger partial charge in [0.05, 0.1) is 0 Å². The monoisotopic (exact) mass is 157 g/mol. The van der Waals surface area contributed by atoms with Crippen molar-refractivity contribution in [1.29, 1.82) is 0 Å². The van der Waals surface area contributed by atoms with Crippen LogP contribution in [0.3, 0.4) is 0 Å². The molecule has 0 aliphatic carbocycles. The summed E-state index contributed by atoms with van der Waals surface area (Å²) in [7, 11) is -4.14. The van der Waals surface area contributed by atoms with Crippen molar-refractivity contribution in [1.82, 2.24) is 0 Å². The smallest absolute Gasteiger partial charge is 0.352 e. The average molecular weight is 157 g/mol. The van der Waals surface area contributed by atoms with Gasteiger partial charge in [0.25, 0.3) is 0 Å². The van der Waals surface area contributed by atoms with E-state index in [0.717, 1.165) is 0 Å². The number of carbonyl (C=O) groups is 1. The van der Waals surface area contributed by atoms with Gasteiger partial charge in [-0.3, -0.25) is 0 Å². The first-order valence-corrected chi connectivity index (χ1v) is 3.30. The third kappa shape index (κ3) is 556. The van der Waals surface area contributed by atoms with E-state index >= 15 is 0 Å². The molecule has 0 aromatic rings. The zero-order valence-electron chi connectivity index (χ0n) is 4.39. The molecule has 0 saturated heterocycles. The molecule has 0 atom stereocenters. The van der Waals surface area contributed by atoms with E-state index in [9.17, 15) is 0 Å². The average Bonchev–Trinajstić information content (AvgIpc) is 1.19. The lowest BCUT2D eigenvalue weighted by atomic mass is 11.2. The van der Waals surface area contributed by atoms with Crippen LogP contribution >= 0.6 is 7.75 Å². The van der Waals surface area contributed by atoms with Crippen LogP contribution in [0.25, 0.3) is 0 Å². The predicted molar refractivity (Wildman–Crippen MR) is 30.0 cm³/mol. The molecule has 56 valence electrons. The van der Waals surface area contributed by atoms with E-state index in [1.807, 2.05) is 0 Å². The van der Waals surface area contributed by atoms with Gasteiger partial charge in [-0.15, -0.1) is 0 Å². The summed E-state index contributed by atoms with van der Waals surface area (Å²) in [6.45, 7) is 0. The number of primary amides is 2. The van der Waals surface area contributed by atoms with Crippen molar-refractivity contribution >= 4 is 13.8 Å². The van der Waals surface area contributed by atoms with Crippen LogP contribution in [0.4, 0.5) is 4.79 Å². The highest BCUT2D eigenvalue weighted by Crippen LogP contribution is 2.20. The molecule has 0 heterocycles. The number of hydrogen-bond donors (Lipinski definition) is 5. The van der Waals surface area contributed by atoms with Crippen LogP contribution in [0.5, 0.6) is 0 Å². The van der Waals surface area contributed by atoms with Crippen LogP contribution in [-0.2, 0) is 4.57 Å². The Morgan fingerprint density at radius 3 is 1.33 bits per heavy atom. The molecule has 0 fully saturated rings. The van der Waals surface area contributed by atoms with Gasteiger partial charge in [0, 0.05) is 0 Å².